The van der Waals surface area contributed by atoms with Crippen LogP contribution < -0.4 is 5.73 Å². The predicted octanol–water partition coefficient (Wildman–Crippen LogP) is 3.20. The van der Waals surface area contributed by atoms with E-state index in [1.165, 1.54) is 11.5 Å². The maximum atomic E-state index is 6.12. The van der Waals surface area contributed by atoms with E-state index < -0.39 is 0 Å². The van der Waals surface area contributed by atoms with Gasteiger partial charge in [0.25, 0.3) is 0 Å². The third-order valence-corrected chi connectivity index (χ3v) is 3.58. The van der Waals surface area contributed by atoms with Crippen molar-refractivity contribution in [2.24, 2.45) is 5.73 Å². The average Bonchev–Trinajstić information content (AvgIpc) is 2.75. The lowest BCUT2D eigenvalue weighted by Gasteiger charge is -2.09. The van der Waals surface area contributed by atoms with Gasteiger partial charge in [0.15, 0.2) is 0 Å². The first-order valence-corrected chi connectivity index (χ1v) is 6.64. The molecule has 0 aliphatic rings. The molecule has 2 rings (SSSR count). The summed E-state index contributed by atoms with van der Waals surface area (Å²) in [5.41, 5.74) is 7.84. The summed E-state index contributed by atoms with van der Waals surface area (Å²) >= 11 is 10.8. The van der Waals surface area contributed by atoms with Crippen LogP contribution in [0.4, 0.5) is 0 Å². The van der Waals surface area contributed by atoms with Crippen molar-refractivity contribution >= 4 is 39.1 Å². The highest BCUT2D eigenvalue weighted by Gasteiger charge is 2.12. The first kappa shape index (κ1) is 12.0. The summed E-state index contributed by atoms with van der Waals surface area (Å²) in [6, 6.07) is 5.62. The Morgan fingerprint density at radius 3 is 2.94 bits per heavy atom. The molecule has 2 aromatic rings. The van der Waals surface area contributed by atoms with Crippen LogP contribution in [-0.2, 0) is 6.42 Å². The Morgan fingerprint density at radius 1 is 1.50 bits per heavy atom. The number of rotatable bonds is 3. The maximum Gasteiger partial charge on any atom is 0.0925 e. The molecule has 0 saturated carbocycles. The van der Waals surface area contributed by atoms with Crippen LogP contribution in [0.15, 0.2) is 28.1 Å². The zero-order chi connectivity index (χ0) is 11.5. The standard InChI is InChI=1S/C10H9BrClN3S/c11-7-2-1-6(8(12)4-7)3-9(13)10-5-16-15-14-10/h1-2,4-5,9H,3,13H2. The molecule has 1 unspecified atom stereocenters. The largest absolute Gasteiger partial charge is 0.322 e. The minimum Gasteiger partial charge on any atom is -0.322 e. The quantitative estimate of drug-likeness (QED) is 0.945. The third-order valence-electron chi connectivity index (χ3n) is 2.21. The zero-order valence-electron chi connectivity index (χ0n) is 8.23. The van der Waals surface area contributed by atoms with Crippen LogP contribution in [-0.4, -0.2) is 9.59 Å². The molecule has 0 amide bonds. The molecule has 0 radical (unpaired) electrons. The van der Waals surface area contributed by atoms with Crippen molar-refractivity contribution in [3.63, 3.8) is 0 Å². The third kappa shape index (κ3) is 2.79. The second-order valence-electron chi connectivity index (χ2n) is 3.38. The van der Waals surface area contributed by atoms with Crippen LogP contribution >= 0.6 is 39.1 Å². The summed E-state index contributed by atoms with van der Waals surface area (Å²) in [6.45, 7) is 0. The lowest BCUT2D eigenvalue weighted by atomic mass is 10.1. The van der Waals surface area contributed by atoms with Crippen molar-refractivity contribution in [2.75, 3.05) is 0 Å². The fourth-order valence-electron chi connectivity index (χ4n) is 1.36. The van der Waals surface area contributed by atoms with Crippen molar-refractivity contribution in [1.29, 1.82) is 0 Å². The Labute approximate surface area is 111 Å². The molecule has 84 valence electrons. The van der Waals surface area contributed by atoms with Gasteiger partial charge in [0.05, 0.1) is 11.7 Å². The van der Waals surface area contributed by atoms with Gasteiger partial charge >= 0.3 is 0 Å². The molecule has 0 fully saturated rings. The van der Waals surface area contributed by atoms with Crippen molar-refractivity contribution in [2.45, 2.75) is 12.5 Å². The topological polar surface area (TPSA) is 51.8 Å². The Kier molecular flexibility index (Phi) is 3.91. The molecule has 2 N–H and O–H groups in total. The average molecular weight is 319 g/mol. The second kappa shape index (κ2) is 5.23. The van der Waals surface area contributed by atoms with Crippen LogP contribution in [0, 0.1) is 0 Å². The van der Waals surface area contributed by atoms with Crippen LogP contribution in [0.5, 0.6) is 0 Å². The van der Waals surface area contributed by atoms with E-state index in [2.05, 4.69) is 25.5 Å². The summed E-state index contributed by atoms with van der Waals surface area (Å²) < 4.78 is 4.76. The first-order valence-electron chi connectivity index (χ1n) is 4.63. The van der Waals surface area contributed by atoms with Gasteiger partial charge in [-0.3, -0.25) is 0 Å². The van der Waals surface area contributed by atoms with Crippen LogP contribution in [0.1, 0.15) is 17.3 Å². The molecule has 0 spiro atoms. The Balaban J connectivity index is 2.15. The number of benzene rings is 1. The van der Waals surface area contributed by atoms with Crippen LogP contribution in [0.3, 0.4) is 0 Å². The monoisotopic (exact) mass is 317 g/mol. The molecule has 0 saturated heterocycles. The number of hydrogen-bond acceptors (Lipinski definition) is 4. The van der Waals surface area contributed by atoms with Crippen LogP contribution in [0.25, 0.3) is 0 Å². The van der Waals surface area contributed by atoms with E-state index in [0.717, 1.165) is 15.7 Å². The summed E-state index contributed by atoms with van der Waals surface area (Å²) in [7, 11) is 0. The van der Waals surface area contributed by atoms with Gasteiger partial charge in [-0.1, -0.05) is 38.1 Å². The van der Waals surface area contributed by atoms with Gasteiger partial charge in [-0.15, -0.1) is 5.10 Å². The molecule has 1 heterocycles. The molecule has 1 aromatic heterocycles. The van der Waals surface area contributed by atoms with Gasteiger partial charge in [-0.2, -0.15) is 0 Å². The minimum atomic E-state index is -0.155. The molecule has 1 aromatic carbocycles. The van der Waals surface area contributed by atoms with E-state index in [0.29, 0.717) is 11.4 Å². The Bertz CT molecular complexity index is 475. The second-order valence-corrected chi connectivity index (χ2v) is 5.31. The van der Waals surface area contributed by atoms with Crippen molar-refractivity contribution in [3.05, 3.63) is 44.3 Å². The summed E-state index contributed by atoms with van der Waals surface area (Å²) in [6.07, 6.45) is 0.664. The van der Waals surface area contributed by atoms with Gasteiger partial charge in [0, 0.05) is 14.9 Å². The van der Waals surface area contributed by atoms with E-state index in [4.69, 9.17) is 17.3 Å². The zero-order valence-corrected chi connectivity index (χ0v) is 11.4. The highest BCUT2D eigenvalue weighted by Crippen LogP contribution is 2.25. The summed E-state index contributed by atoms with van der Waals surface area (Å²) in [4.78, 5) is 0. The van der Waals surface area contributed by atoms with E-state index in [1.807, 2.05) is 23.6 Å². The Morgan fingerprint density at radius 2 is 2.31 bits per heavy atom. The smallest absolute Gasteiger partial charge is 0.0925 e. The van der Waals surface area contributed by atoms with Gasteiger partial charge in [0.1, 0.15) is 0 Å². The van der Waals surface area contributed by atoms with Gasteiger partial charge in [-0.05, 0) is 35.6 Å². The van der Waals surface area contributed by atoms with E-state index in [1.54, 1.807) is 0 Å². The predicted molar refractivity (Wildman–Crippen MR) is 69.7 cm³/mol. The molecular formula is C10H9BrClN3S. The minimum absolute atomic E-state index is 0.155. The van der Waals surface area contributed by atoms with Crippen molar-refractivity contribution in [3.8, 4) is 0 Å². The normalized spacial score (nSPS) is 12.7. The molecule has 6 heteroatoms. The molecule has 1 atom stereocenters. The molecule has 3 nitrogen and oxygen atoms in total. The summed E-state index contributed by atoms with van der Waals surface area (Å²) in [5, 5.41) is 6.53. The van der Waals surface area contributed by atoms with Gasteiger partial charge in [0.2, 0.25) is 0 Å². The highest BCUT2D eigenvalue weighted by atomic mass is 79.9. The van der Waals surface area contributed by atoms with E-state index in [9.17, 15) is 0 Å². The lowest BCUT2D eigenvalue weighted by Crippen LogP contribution is -2.14. The van der Waals surface area contributed by atoms with Crippen LogP contribution in [0.2, 0.25) is 5.02 Å². The molecule has 0 aliphatic heterocycles. The van der Waals surface area contributed by atoms with E-state index >= 15 is 0 Å². The van der Waals surface area contributed by atoms with Crippen molar-refractivity contribution in [1.82, 2.24) is 9.59 Å². The molecule has 0 aliphatic carbocycles. The number of aromatic nitrogens is 2. The molecule has 16 heavy (non-hydrogen) atoms. The molecular weight excluding hydrogens is 310 g/mol. The maximum absolute atomic E-state index is 6.12. The Hall–Kier alpha value is -0.490. The number of halogens is 2. The van der Waals surface area contributed by atoms with E-state index in [-0.39, 0.29) is 6.04 Å². The first-order chi connectivity index (χ1) is 7.66. The van der Waals surface area contributed by atoms with Gasteiger partial charge < -0.3 is 5.73 Å². The van der Waals surface area contributed by atoms with Gasteiger partial charge in [-0.25, -0.2) is 0 Å². The summed E-state index contributed by atoms with van der Waals surface area (Å²) in [5.74, 6) is 0. The van der Waals surface area contributed by atoms with Crippen molar-refractivity contribution < 1.29 is 0 Å². The fourth-order valence-corrected chi connectivity index (χ4v) is 2.63. The SMILES string of the molecule is NC(Cc1ccc(Br)cc1Cl)c1csnn1. The fraction of sp³-hybridized carbons (Fsp3) is 0.200. The number of nitrogens with zero attached hydrogens (tertiary/aromatic N) is 2. The lowest BCUT2D eigenvalue weighted by molar-refractivity contribution is 0.692. The molecule has 0 bridgehead atoms. The number of hydrogen-bond donors (Lipinski definition) is 1. The highest BCUT2D eigenvalue weighted by molar-refractivity contribution is 9.10. The number of nitrogens with two attached hydrogens (primary N) is 1.